The van der Waals surface area contributed by atoms with Gasteiger partial charge in [0.25, 0.3) is 0 Å². The Hall–Kier alpha value is -5.82. The Labute approximate surface area is 370 Å². The Balaban J connectivity index is 1.19. The van der Waals surface area contributed by atoms with E-state index in [1.807, 2.05) is 22.7 Å². The van der Waals surface area contributed by atoms with Crippen LogP contribution in [0.25, 0.3) is 89.9 Å². The van der Waals surface area contributed by atoms with Crippen molar-refractivity contribution in [2.24, 2.45) is 0 Å². The average Bonchev–Trinajstić information content (AvgIpc) is 3.99. The molecule has 2 aliphatic rings. The highest BCUT2D eigenvalue weighted by Crippen LogP contribution is 2.51. The topological polar surface area (TPSA) is 21.3 Å². The number of furan rings is 1. The minimum Gasteiger partial charge on any atom is -0.466 e. The lowest BCUT2D eigenvalue weighted by atomic mass is 9.46. The quantitative estimate of drug-likeness (QED) is 0.154. The van der Waals surface area contributed by atoms with Gasteiger partial charge in [0.05, 0.1) is 16.7 Å². The van der Waals surface area contributed by atoms with E-state index < -0.39 is 0 Å². The molecule has 0 saturated carbocycles. The summed E-state index contributed by atoms with van der Waals surface area (Å²) in [5.41, 5.74) is 15.9. The van der Waals surface area contributed by atoms with Crippen LogP contribution in [-0.4, -0.2) is 11.4 Å². The molecule has 0 amide bonds. The van der Waals surface area contributed by atoms with Crippen molar-refractivity contribution in [3.8, 4) is 16.8 Å². The molecule has 0 bridgehead atoms. The van der Waals surface area contributed by atoms with Crippen molar-refractivity contribution in [3.63, 3.8) is 0 Å². The molecule has 0 aliphatic carbocycles. The molecule has 4 aromatic heterocycles. The smallest absolute Gasteiger partial charge is 0.375 e. The van der Waals surface area contributed by atoms with Gasteiger partial charge in [-0.15, -0.1) is 22.7 Å². The Morgan fingerprint density at radius 3 is 1.89 bits per heavy atom. The van der Waals surface area contributed by atoms with Crippen molar-refractivity contribution >= 4 is 125 Å². The van der Waals surface area contributed by atoms with Crippen LogP contribution < -0.4 is 15.9 Å². The zero-order valence-corrected chi connectivity index (χ0v) is 38.4. The first kappa shape index (κ1) is 36.8. The Morgan fingerprint density at radius 2 is 1.11 bits per heavy atom. The number of thiophene rings is 2. The number of rotatable bonds is 1. The van der Waals surface area contributed by atoms with E-state index >= 15 is 0 Å². The maximum atomic E-state index is 7.37. The van der Waals surface area contributed by atoms with E-state index in [9.17, 15) is 0 Å². The zero-order chi connectivity index (χ0) is 42.4. The minimum absolute atomic E-state index is 0.0255. The summed E-state index contributed by atoms with van der Waals surface area (Å²) in [6.07, 6.45) is 0. The van der Waals surface area contributed by atoms with Gasteiger partial charge in [-0.2, -0.15) is 0 Å². The first-order valence-corrected chi connectivity index (χ1v) is 23.7. The fourth-order valence-electron chi connectivity index (χ4n) is 10.7. The van der Waals surface area contributed by atoms with E-state index in [0.717, 1.165) is 16.9 Å². The first-order valence-electron chi connectivity index (χ1n) is 22.0. The summed E-state index contributed by atoms with van der Waals surface area (Å²) < 4.78 is 15.3. The van der Waals surface area contributed by atoms with Crippen LogP contribution in [0.1, 0.15) is 79.0 Å². The van der Waals surface area contributed by atoms with Crippen LogP contribution in [0.4, 0.5) is 11.4 Å². The highest BCUT2D eigenvalue weighted by atomic mass is 32.1. The molecule has 0 atom stereocenters. The highest BCUT2D eigenvalue weighted by molar-refractivity contribution is 7.26. The second-order valence-corrected chi connectivity index (χ2v) is 23.2. The van der Waals surface area contributed by atoms with Gasteiger partial charge in [-0.3, -0.25) is 0 Å². The third-order valence-corrected chi connectivity index (χ3v) is 16.3. The molecular weight excluding hydrogens is 792 g/mol. The molecule has 0 saturated heterocycles. The van der Waals surface area contributed by atoms with Gasteiger partial charge in [0.15, 0.2) is 0 Å². The molecule has 6 heterocycles. The van der Waals surface area contributed by atoms with Crippen molar-refractivity contribution in [3.05, 3.63) is 138 Å². The third-order valence-electron chi connectivity index (χ3n) is 14.0. The second-order valence-electron chi connectivity index (χ2n) is 21.0. The first-order chi connectivity index (χ1) is 29.6. The Kier molecular flexibility index (Phi) is 7.12. The maximum absolute atomic E-state index is 7.37. The lowest BCUT2D eigenvalue weighted by Crippen LogP contribution is -2.60. The van der Waals surface area contributed by atoms with Crippen molar-refractivity contribution in [2.75, 3.05) is 4.81 Å². The minimum atomic E-state index is -0.198. The number of nitrogens with zero attached hydrogens (tertiary/aromatic N) is 2. The van der Waals surface area contributed by atoms with Crippen molar-refractivity contribution in [1.82, 2.24) is 4.57 Å². The largest absolute Gasteiger partial charge is 0.466 e. The number of anilines is 2. The fraction of sp³-hybridized carbons (Fsp3) is 0.214. The van der Waals surface area contributed by atoms with Crippen LogP contribution in [0.2, 0.25) is 0 Å². The number of benzene rings is 7. The van der Waals surface area contributed by atoms with Gasteiger partial charge in [-0.25, -0.2) is 0 Å². The van der Waals surface area contributed by atoms with Crippen LogP contribution in [0.15, 0.2) is 126 Å². The molecule has 0 N–H and O–H groups in total. The Bertz CT molecular complexity index is 3760. The SMILES string of the molecule is CC(C)(C)c1ccc(N2B3c4oc5ccc(C(C)(C)C)cc5c4-n4c5cc6sc7ccccc7c6cc5c5ccc(c3c54)-c3cc4sc5cc(C(C)(C)C)ccc5c4cc32)cc1. The summed E-state index contributed by atoms with van der Waals surface area (Å²) >= 11 is 3.82. The van der Waals surface area contributed by atoms with E-state index in [0.29, 0.717) is 0 Å². The van der Waals surface area contributed by atoms with Crippen LogP contribution >= 0.6 is 22.7 Å². The summed E-state index contributed by atoms with van der Waals surface area (Å²) in [5, 5.41) is 9.02. The van der Waals surface area contributed by atoms with Crippen molar-refractivity contribution in [1.29, 1.82) is 0 Å². The molecule has 2 aliphatic heterocycles. The van der Waals surface area contributed by atoms with Crippen molar-refractivity contribution < 1.29 is 4.42 Å². The van der Waals surface area contributed by atoms with Gasteiger partial charge in [-0.05, 0) is 105 Å². The maximum Gasteiger partial charge on any atom is 0.375 e. The van der Waals surface area contributed by atoms with Crippen LogP contribution in [0.5, 0.6) is 0 Å². The molecule has 11 aromatic rings. The van der Waals surface area contributed by atoms with Gasteiger partial charge in [0.2, 0.25) is 0 Å². The summed E-state index contributed by atoms with van der Waals surface area (Å²) in [7, 11) is 0. The van der Waals surface area contributed by atoms with Crippen molar-refractivity contribution in [2.45, 2.75) is 78.6 Å². The fourth-order valence-corrected chi connectivity index (χ4v) is 13.0. The standard InChI is InChI=1S/C56H47BN2OS2/c1-54(2,3)30-14-18-33(19-15-30)59-44-27-41-35-20-16-32(56(7,8)9)25-47(35)62-48(41)28-39(44)36-21-22-37-38-26-40-34-12-10-11-13-46(34)61-49(40)29-43(38)58-51(37)50(36)57(59)53-52(58)42-24-31(55(4,5)6)17-23-45(42)60-53/h10-29H,1-9H3. The summed E-state index contributed by atoms with van der Waals surface area (Å²) in [4.78, 5) is 2.62. The molecular formula is C56H47BN2OS2. The zero-order valence-electron chi connectivity index (χ0n) is 36.7. The molecule has 6 heteroatoms. The summed E-state index contributed by atoms with van der Waals surface area (Å²) in [5.74, 6) is 0. The molecule has 0 unspecified atom stereocenters. The summed E-state index contributed by atoms with van der Waals surface area (Å²) in [6.45, 7) is 20.6. The van der Waals surface area contributed by atoms with Crippen LogP contribution in [-0.2, 0) is 16.2 Å². The Morgan fingerprint density at radius 1 is 0.484 bits per heavy atom. The molecule has 0 spiro atoms. The van der Waals surface area contributed by atoms with Crippen LogP contribution in [0, 0.1) is 0 Å². The predicted octanol–water partition coefficient (Wildman–Crippen LogP) is 15.4. The van der Waals surface area contributed by atoms with Gasteiger partial charge in [-0.1, -0.05) is 123 Å². The number of aromatic nitrogens is 1. The molecule has 13 rings (SSSR count). The van der Waals surface area contributed by atoms with E-state index in [-0.39, 0.29) is 23.1 Å². The molecule has 7 aromatic carbocycles. The van der Waals surface area contributed by atoms with Crippen LogP contribution in [0.3, 0.4) is 0 Å². The monoisotopic (exact) mass is 838 g/mol. The molecule has 62 heavy (non-hydrogen) atoms. The molecule has 0 fully saturated rings. The highest BCUT2D eigenvalue weighted by Gasteiger charge is 2.47. The van der Waals surface area contributed by atoms with E-state index in [2.05, 4.69) is 193 Å². The lowest BCUT2D eigenvalue weighted by molar-refractivity contribution is 0.590. The third kappa shape index (κ3) is 4.94. The average molecular weight is 839 g/mol. The summed E-state index contributed by atoms with van der Waals surface area (Å²) in [6, 6.07) is 47.0. The van der Waals surface area contributed by atoms with Gasteiger partial charge in [0, 0.05) is 73.4 Å². The normalized spacial score (nSPS) is 14.1. The molecule has 3 nitrogen and oxygen atoms in total. The van der Waals surface area contributed by atoms with Gasteiger partial charge >= 0.3 is 6.85 Å². The second kappa shape index (κ2) is 12.0. The van der Waals surface area contributed by atoms with E-state index in [1.54, 1.807) is 0 Å². The number of hydrogen-bond acceptors (Lipinski definition) is 4. The number of hydrogen-bond donors (Lipinski definition) is 0. The van der Waals surface area contributed by atoms with E-state index in [1.165, 1.54) is 112 Å². The lowest BCUT2D eigenvalue weighted by Gasteiger charge is -2.40. The molecule has 0 radical (unpaired) electrons. The predicted molar refractivity (Wildman–Crippen MR) is 271 cm³/mol. The number of fused-ring (bicyclic) bond motifs is 16. The van der Waals surface area contributed by atoms with Gasteiger partial charge in [0.1, 0.15) is 11.2 Å². The molecule has 302 valence electrons. The van der Waals surface area contributed by atoms with Gasteiger partial charge < -0.3 is 13.8 Å². The van der Waals surface area contributed by atoms with E-state index in [4.69, 9.17) is 4.42 Å².